The van der Waals surface area contributed by atoms with Crippen LogP contribution in [0.15, 0.2) is 24.3 Å². The van der Waals surface area contributed by atoms with Crippen molar-refractivity contribution in [1.29, 1.82) is 0 Å². The third-order valence-corrected chi connectivity index (χ3v) is 3.41. The number of alkyl halides is 3. The van der Waals surface area contributed by atoms with Crippen molar-refractivity contribution < 1.29 is 13.2 Å². The van der Waals surface area contributed by atoms with E-state index < -0.39 is 6.93 Å². The molecule has 1 heterocycles. The lowest BCUT2D eigenvalue weighted by Gasteiger charge is -2.32. The van der Waals surface area contributed by atoms with Gasteiger partial charge in [-0.3, -0.25) is 0 Å². The average Bonchev–Trinajstić information content (AvgIpc) is 2.54. The maximum Gasteiger partial charge on any atom is 0.229 e. The van der Waals surface area contributed by atoms with E-state index in [4.69, 9.17) is 0 Å². The Kier molecular flexibility index (Phi) is 12.7. The van der Waals surface area contributed by atoms with Crippen molar-refractivity contribution in [3.63, 3.8) is 0 Å². The third-order valence-electron chi connectivity index (χ3n) is 3.41. The topological polar surface area (TPSA) is 15.3 Å². The van der Waals surface area contributed by atoms with Crippen LogP contribution in [0.5, 0.6) is 0 Å². The molecule has 128 valence electrons. The summed E-state index contributed by atoms with van der Waals surface area (Å²) in [6, 6.07) is 9.04. The molecule has 0 amide bonds. The zero-order chi connectivity index (χ0) is 16.8. The molecule has 1 aliphatic heterocycles. The Morgan fingerprint density at radius 2 is 1.55 bits per heavy atom. The second-order valence-electron chi connectivity index (χ2n) is 4.92. The number of anilines is 1. The number of hydrogen-bond donors (Lipinski definition) is 1. The zero-order valence-corrected chi connectivity index (χ0v) is 13.9. The van der Waals surface area contributed by atoms with Gasteiger partial charge in [-0.05, 0) is 31.9 Å². The highest BCUT2D eigenvalue weighted by Crippen LogP contribution is 2.16. The molecule has 0 radical (unpaired) electrons. The molecule has 0 saturated carbocycles. The Labute approximate surface area is 132 Å². The van der Waals surface area contributed by atoms with Gasteiger partial charge in [0, 0.05) is 31.4 Å². The summed E-state index contributed by atoms with van der Waals surface area (Å²) in [4.78, 5) is 2.20. The molecule has 1 saturated heterocycles. The van der Waals surface area contributed by atoms with E-state index in [-0.39, 0.29) is 6.67 Å². The lowest BCUT2D eigenvalue weighted by Crippen LogP contribution is -2.39. The number of benzene rings is 1. The SMILES string of the molecule is CC.Cc1ccc(NC2CCN(CCF)CC2)cc1.FCF. The second kappa shape index (κ2) is 13.4. The second-order valence-corrected chi connectivity index (χ2v) is 4.92. The fourth-order valence-corrected chi connectivity index (χ4v) is 2.31. The Balaban J connectivity index is 0.000000789. The van der Waals surface area contributed by atoms with Crippen molar-refractivity contribution in [2.45, 2.75) is 39.7 Å². The van der Waals surface area contributed by atoms with E-state index >= 15 is 0 Å². The zero-order valence-electron chi connectivity index (χ0n) is 13.9. The molecule has 1 aromatic rings. The molecule has 2 nitrogen and oxygen atoms in total. The van der Waals surface area contributed by atoms with Crippen molar-refractivity contribution in [2.75, 3.05) is 38.6 Å². The molecule has 0 aromatic heterocycles. The molecular weight excluding hydrogens is 289 g/mol. The van der Waals surface area contributed by atoms with E-state index in [2.05, 4.69) is 41.4 Å². The fraction of sp³-hybridized carbons (Fsp3) is 0.647. The van der Waals surface area contributed by atoms with Gasteiger partial charge in [0.1, 0.15) is 6.67 Å². The first-order valence-corrected chi connectivity index (χ1v) is 7.93. The Morgan fingerprint density at radius 1 is 1.05 bits per heavy atom. The first-order chi connectivity index (χ1) is 10.7. The number of aryl methyl sites for hydroxylation is 1. The van der Waals surface area contributed by atoms with Gasteiger partial charge in [0.15, 0.2) is 0 Å². The average molecular weight is 318 g/mol. The molecule has 0 unspecified atom stereocenters. The lowest BCUT2D eigenvalue weighted by molar-refractivity contribution is 0.203. The molecule has 1 aromatic carbocycles. The molecular formula is C17H29F3N2. The van der Waals surface area contributed by atoms with E-state index in [1.165, 1.54) is 11.3 Å². The van der Waals surface area contributed by atoms with Crippen molar-refractivity contribution in [1.82, 2.24) is 4.90 Å². The van der Waals surface area contributed by atoms with Crippen LogP contribution in [0.25, 0.3) is 0 Å². The van der Waals surface area contributed by atoms with Crippen molar-refractivity contribution in [2.24, 2.45) is 0 Å². The Bertz CT molecular complexity index is 349. The van der Waals surface area contributed by atoms with Crippen LogP contribution >= 0.6 is 0 Å². The van der Waals surface area contributed by atoms with Gasteiger partial charge in [0.25, 0.3) is 0 Å². The van der Waals surface area contributed by atoms with E-state index in [0.717, 1.165) is 25.9 Å². The largest absolute Gasteiger partial charge is 0.382 e. The summed E-state index contributed by atoms with van der Waals surface area (Å²) >= 11 is 0. The summed E-state index contributed by atoms with van der Waals surface area (Å²) < 4.78 is 31.5. The molecule has 1 fully saturated rings. The maximum absolute atomic E-state index is 12.2. The van der Waals surface area contributed by atoms with Gasteiger partial charge in [-0.2, -0.15) is 0 Å². The predicted molar refractivity (Wildman–Crippen MR) is 88.7 cm³/mol. The quantitative estimate of drug-likeness (QED) is 0.862. The van der Waals surface area contributed by atoms with Gasteiger partial charge in [-0.15, -0.1) is 0 Å². The highest BCUT2D eigenvalue weighted by molar-refractivity contribution is 5.45. The van der Waals surface area contributed by atoms with E-state index in [1.807, 2.05) is 13.8 Å². The van der Waals surface area contributed by atoms with Gasteiger partial charge in [0.2, 0.25) is 6.93 Å². The first-order valence-electron chi connectivity index (χ1n) is 7.93. The lowest BCUT2D eigenvalue weighted by atomic mass is 10.0. The van der Waals surface area contributed by atoms with E-state index in [1.54, 1.807) is 0 Å². The number of nitrogens with one attached hydrogen (secondary N) is 1. The smallest absolute Gasteiger partial charge is 0.229 e. The predicted octanol–water partition coefficient (Wildman–Crippen LogP) is 4.75. The van der Waals surface area contributed by atoms with Crippen LogP contribution in [-0.4, -0.2) is 44.2 Å². The summed E-state index contributed by atoms with van der Waals surface area (Å²) in [5.41, 5.74) is 2.48. The van der Waals surface area contributed by atoms with Gasteiger partial charge >= 0.3 is 0 Å². The summed E-state index contributed by atoms with van der Waals surface area (Å²) in [6.45, 7) is 6.73. The Morgan fingerprint density at radius 3 is 2.00 bits per heavy atom. The van der Waals surface area contributed by atoms with Crippen molar-refractivity contribution in [3.8, 4) is 0 Å². The van der Waals surface area contributed by atoms with Gasteiger partial charge in [-0.1, -0.05) is 31.5 Å². The molecule has 0 aliphatic carbocycles. The highest BCUT2D eigenvalue weighted by atomic mass is 19.3. The number of halogens is 3. The molecule has 1 aliphatic rings. The first kappa shape index (κ1) is 20.8. The minimum atomic E-state index is -1.75. The summed E-state index contributed by atoms with van der Waals surface area (Å²) in [5, 5.41) is 3.55. The van der Waals surface area contributed by atoms with Crippen LogP contribution in [0.2, 0.25) is 0 Å². The molecule has 0 atom stereocenters. The van der Waals surface area contributed by atoms with Crippen LogP contribution in [0, 0.1) is 6.92 Å². The molecule has 0 bridgehead atoms. The summed E-state index contributed by atoms with van der Waals surface area (Å²) in [5.74, 6) is 0. The summed E-state index contributed by atoms with van der Waals surface area (Å²) in [7, 11) is 0. The number of hydrogen-bond acceptors (Lipinski definition) is 2. The van der Waals surface area contributed by atoms with E-state index in [0.29, 0.717) is 12.6 Å². The summed E-state index contributed by atoms with van der Waals surface area (Å²) in [6.07, 6.45) is 2.21. The number of nitrogens with zero attached hydrogens (tertiary/aromatic N) is 1. The number of likely N-dealkylation sites (tertiary alicyclic amines) is 1. The molecule has 2 rings (SSSR count). The highest BCUT2D eigenvalue weighted by Gasteiger charge is 2.18. The van der Waals surface area contributed by atoms with Crippen molar-refractivity contribution in [3.05, 3.63) is 29.8 Å². The van der Waals surface area contributed by atoms with Crippen LogP contribution in [0.1, 0.15) is 32.3 Å². The van der Waals surface area contributed by atoms with Crippen molar-refractivity contribution >= 4 is 5.69 Å². The minimum Gasteiger partial charge on any atom is -0.382 e. The number of rotatable bonds is 4. The van der Waals surface area contributed by atoms with Gasteiger partial charge in [0.05, 0.1) is 0 Å². The van der Waals surface area contributed by atoms with E-state index in [9.17, 15) is 13.2 Å². The number of piperidine rings is 1. The molecule has 22 heavy (non-hydrogen) atoms. The Hall–Kier alpha value is -1.23. The van der Waals surface area contributed by atoms with Crippen LogP contribution in [-0.2, 0) is 0 Å². The fourth-order valence-electron chi connectivity index (χ4n) is 2.31. The standard InChI is InChI=1S/C14H21FN2.C2H6.CH2F2/c1-12-2-4-13(5-3-12)16-14-6-9-17(10-7-14)11-8-15;1-2;2-1-3/h2-5,14,16H,6-11H2,1H3;1-2H3;1H2. The molecule has 0 spiro atoms. The third kappa shape index (κ3) is 8.93. The van der Waals surface area contributed by atoms with Gasteiger partial charge in [-0.25, -0.2) is 13.2 Å². The van der Waals surface area contributed by atoms with Crippen LogP contribution < -0.4 is 5.32 Å². The maximum atomic E-state index is 12.2. The monoisotopic (exact) mass is 318 g/mol. The minimum absolute atomic E-state index is 0.226. The van der Waals surface area contributed by atoms with Crippen LogP contribution in [0.3, 0.4) is 0 Å². The van der Waals surface area contributed by atoms with Gasteiger partial charge < -0.3 is 10.2 Å². The molecule has 5 heteroatoms. The van der Waals surface area contributed by atoms with Crippen LogP contribution in [0.4, 0.5) is 18.9 Å². The molecule has 1 N–H and O–H groups in total. The normalized spacial score (nSPS) is 15.2.